The van der Waals surface area contributed by atoms with Gasteiger partial charge in [-0.2, -0.15) is 0 Å². The van der Waals surface area contributed by atoms with Gasteiger partial charge in [0.05, 0.1) is 5.69 Å². The molecule has 0 spiro atoms. The molecule has 1 unspecified atom stereocenters. The van der Waals surface area contributed by atoms with Gasteiger partial charge in [-0.15, -0.1) is 0 Å². The highest BCUT2D eigenvalue weighted by molar-refractivity contribution is 6.06. The molecule has 100 valence electrons. The van der Waals surface area contributed by atoms with E-state index >= 15 is 0 Å². The second-order valence-corrected chi connectivity index (χ2v) is 5.12. The van der Waals surface area contributed by atoms with Crippen molar-refractivity contribution in [1.82, 2.24) is 4.90 Å². The number of fused-ring (bicyclic) bond motifs is 1. The summed E-state index contributed by atoms with van der Waals surface area (Å²) in [6.07, 6.45) is 1.51. The minimum Gasteiger partial charge on any atom is -0.329 e. The Morgan fingerprint density at radius 1 is 1.32 bits per heavy atom. The molecule has 0 bridgehead atoms. The molecule has 19 heavy (non-hydrogen) atoms. The van der Waals surface area contributed by atoms with Gasteiger partial charge in [-0.1, -0.05) is 6.07 Å². The third-order valence-corrected chi connectivity index (χ3v) is 3.81. The second-order valence-electron chi connectivity index (χ2n) is 5.12. The van der Waals surface area contributed by atoms with Crippen molar-refractivity contribution in [1.29, 1.82) is 0 Å². The van der Waals surface area contributed by atoms with Gasteiger partial charge in [-0.25, -0.2) is 4.39 Å². The van der Waals surface area contributed by atoms with E-state index in [1.54, 1.807) is 17.0 Å². The van der Waals surface area contributed by atoms with Gasteiger partial charge < -0.3 is 4.90 Å². The first kappa shape index (κ1) is 12.1. The van der Waals surface area contributed by atoms with Crippen molar-refractivity contribution < 1.29 is 14.0 Å². The molecule has 0 saturated carbocycles. The van der Waals surface area contributed by atoms with Crippen molar-refractivity contribution in [3.05, 3.63) is 29.6 Å². The lowest BCUT2D eigenvalue weighted by Crippen LogP contribution is -2.57. The van der Waals surface area contributed by atoms with Crippen LogP contribution in [0.25, 0.3) is 0 Å². The van der Waals surface area contributed by atoms with Gasteiger partial charge in [-0.05, 0) is 37.5 Å². The van der Waals surface area contributed by atoms with E-state index in [2.05, 4.69) is 0 Å². The van der Waals surface area contributed by atoms with Gasteiger partial charge in [0, 0.05) is 6.54 Å². The van der Waals surface area contributed by atoms with Crippen molar-refractivity contribution in [3.8, 4) is 0 Å². The third-order valence-electron chi connectivity index (χ3n) is 3.81. The highest BCUT2D eigenvalue weighted by Gasteiger charge is 2.42. The molecule has 2 amide bonds. The summed E-state index contributed by atoms with van der Waals surface area (Å²) in [4.78, 5) is 27.3. The number of benzene rings is 1. The molecule has 0 N–H and O–H groups in total. The molecule has 0 aliphatic carbocycles. The molecule has 2 aliphatic heterocycles. The van der Waals surface area contributed by atoms with Crippen LogP contribution in [0.2, 0.25) is 0 Å². The number of aryl methyl sites for hydroxylation is 1. The van der Waals surface area contributed by atoms with Crippen LogP contribution >= 0.6 is 0 Å². The Bertz CT molecular complexity index is 558. The summed E-state index contributed by atoms with van der Waals surface area (Å²) >= 11 is 0. The number of carbonyl (C=O) groups excluding carboxylic acids is 2. The zero-order valence-corrected chi connectivity index (χ0v) is 10.7. The molecule has 5 heteroatoms. The topological polar surface area (TPSA) is 40.6 Å². The fraction of sp³-hybridized carbons (Fsp3) is 0.429. The number of halogens is 1. The first-order valence-corrected chi connectivity index (χ1v) is 6.45. The van der Waals surface area contributed by atoms with E-state index in [1.165, 1.54) is 11.0 Å². The van der Waals surface area contributed by atoms with Gasteiger partial charge >= 0.3 is 0 Å². The highest BCUT2D eigenvalue weighted by atomic mass is 19.1. The molecule has 2 fully saturated rings. The number of rotatable bonds is 1. The Morgan fingerprint density at radius 2 is 2.11 bits per heavy atom. The molecular formula is C14H15FN2O2. The zero-order valence-electron chi connectivity index (χ0n) is 10.7. The molecule has 0 aromatic heterocycles. The van der Waals surface area contributed by atoms with Gasteiger partial charge in [-0.3, -0.25) is 14.5 Å². The van der Waals surface area contributed by atoms with Crippen molar-refractivity contribution in [2.24, 2.45) is 0 Å². The average molecular weight is 262 g/mol. The van der Waals surface area contributed by atoms with Crippen molar-refractivity contribution in [2.45, 2.75) is 25.8 Å². The minimum atomic E-state index is -0.460. The SMILES string of the molecule is Cc1ccc(F)c(N2CC(=O)N3CCCC3C2=O)c1. The number of nitrogens with zero attached hydrogens (tertiary/aromatic N) is 2. The second kappa shape index (κ2) is 4.33. The van der Waals surface area contributed by atoms with Crippen LogP contribution in [0.1, 0.15) is 18.4 Å². The highest BCUT2D eigenvalue weighted by Crippen LogP contribution is 2.29. The molecule has 3 rings (SSSR count). The van der Waals surface area contributed by atoms with Crippen LogP contribution in [0.15, 0.2) is 18.2 Å². The van der Waals surface area contributed by atoms with Crippen LogP contribution < -0.4 is 4.90 Å². The molecular weight excluding hydrogens is 247 g/mol. The first-order chi connectivity index (χ1) is 9.08. The Morgan fingerprint density at radius 3 is 2.89 bits per heavy atom. The summed E-state index contributed by atoms with van der Waals surface area (Å²) in [6.45, 7) is 2.41. The van der Waals surface area contributed by atoms with Crippen molar-refractivity contribution >= 4 is 17.5 Å². The summed E-state index contributed by atoms with van der Waals surface area (Å²) < 4.78 is 13.9. The molecule has 2 heterocycles. The standard InChI is InChI=1S/C14H15FN2O2/c1-9-4-5-10(15)12(7-9)17-8-13(18)16-6-2-3-11(16)14(17)19/h4-5,7,11H,2-3,6,8H2,1H3. The largest absolute Gasteiger partial charge is 0.329 e. The molecule has 1 aromatic carbocycles. The maximum absolute atomic E-state index is 13.9. The van der Waals surface area contributed by atoms with Crippen molar-refractivity contribution in [3.63, 3.8) is 0 Å². The Hall–Kier alpha value is -1.91. The smallest absolute Gasteiger partial charge is 0.250 e. The van der Waals surface area contributed by atoms with Crippen LogP contribution in [0.4, 0.5) is 10.1 Å². The monoisotopic (exact) mass is 262 g/mol. The van der Waals surface area contributed by atoms with Crippen molar-refractivity contribution in [2.75, 3.05) is 18.0 Å². The fourth-order valence-electron chi connectivity index (χ4n) is 2.84. The normalized spacial score (nSPS) is 22.9. The number of hydrogen-bond donors (Lipinski definition) is 0. The first-order valence-electron chi connectivity index (χ1n) is 6.45. The number of carbonyl (C=O) groups is 2. The lowest BCUT2D eigenvalue weighted by molar-refractivity contribution is -0.140. The van der Waals surface area contributed by atoms with E-state index in [9.17, 15) is 14.0 Å². The van der Waals surface area contributed by atoms with Gasteiger partial charge in [0.1, 0.15) is 18.4 Å². The Labute approximate surface area is 110 Å². The van der Waals surface area contributed by atoms with E-state index in [0.29, 0.717) is 13.0 Å². The summed E-state index contributed by atoms with van der Waals surface area (Å²) in [6, 6.07) is 4.20. The molecule has 1 aromatic rings. The molecule has 0 radical (unpaired) electrons. The Balaban J connectivity index is 1.98. The third kappa shape index (κ3) is 1.89. The van der Waals surface area contributed by atoms with E-state index in [4.69, 9.17) is 0 Å². The lowest BCUT2D eigenvalue weighted by Gasteiger charge is -2.36. The maximum Gasteiger partial charge on any atom is 0.250 e. The summed E-state index contributed by atoms with van der Waals surface area (Å²) in [5, 5.41) is 0. The lowest BCUT2D eigenvalue weighted by atomic mass is 10.1. The maximum atomic E-state index is 13.9. The minimum absolute atomic E-state index is 0.0598. The van der Waals surface area contributed by atoms with E-state index in [-0.39, 0.29) is 24.0 Å². The molecule has 2 aliphatic rings. The predicted octanol–water partition coefficient (Wildman–Crippen LogP) is 1.47. The van der Waals surface area contributed by atoms with Crippen LogP contribution in [0, 0.1) is 12.7 Å². The number of hydrogen-bond acceptors (Lipinski definition) is 2. The number of amides is 2. The molecule has 1 atom stereocenters. The van der Waals surface area contributed by atoms with E-state index in [0.717, 1.165) is 12.0 Å². The van der Waals surface area contributed by atoms with Gasteiger partial charge in [0.25, 0.3) is 0 Å². The van der Waals surface area contributed by atoms with Crippen LogP contribution in [0.5, 0.6) is 0 Å². The Kier molecular flexibility index (Phi) is 2.77. The average Bonchev–Trinajstić information content (AvgIpc) is 2.87. The van der Waals surface area contributed by atoms with Gasteiger partial charge in [0.15, 0.2) is 0 Å². The number of piperazine rings is 1. The predicted molar refractivity (Wildman–Crippen MR) is 68.2 cm³/mol. The molecule has 4 nitrogen and oxygen atoms in total. The van der Waals surface area contributed by atoms with Crippen LogP contribution in [-0.4, -0.2) is 35.8 Å². The van der Waals surface area contributed by atoms with E-state index in [1.807, 2.05) is 6.92 Å². The van der Waals surface area contributed by atoms with E-state index < -0.39 is 11.9 Å². The fourth-order valence-corrected chi connectivity index (χ4v) is 2.84. The quantitative estimate of drug-likeness (QED) is 0.769. The van der Waals surface area contributed by atoms with Crippen LogP contribution in [0.3, 0.4) is 0 Å². The number of anilines is 1. The zero-order chi connectivity index (χ0) is 13.6. The summed E-state index contributed by atoms with van der Waals surface area (Å²) in [5.41, 5.74) is 1.08. The summed E-state index contributed by atoms with van der Waals surface area (Å²) in [7, 11) is 0. The molecule has 2 saturated heterocycles. The van der Waals surface area contributed by atoms with Crippen LogP contribution in [-0.2, 0) is 9.59 Å². The summed E-state index contributed by atoms with van der Waals surface area (Å²) in [5.74, 6) is -0.720. The van der Waals surface area contributed by atoms with Gasteiger partial charge in [0.2, 0.25) is 11.8 Å².